The Morgan fingerprint density at radius 1 is 1.24 bits per heavy atom. The molecule has 0 saturated carbocycles. The van der Waals surface area contributed by atoms with E-state index in [1.165, 1.54) is 4.90 Å². The van der Waals surface area contributed by atoms with Crippen LogP contribution < -0.4 is 20.7 Å². The molecule has 1 fully saturated rings. The number of morpholine rings is 1. The number of carbonyl (C=O) groups is 2. The van der Waals surface area contributed by atoms with Gasteiger partial charge in [0, 0.05) is 29.5 Å². The number of carbonyl (C=O) groups excluding carboxylic acids is 2. The Morgan fingerprint density at radius 2 is 1.97 bits per heavy atom. The Labute approximate surface area is 203 Å². The van der Waals surface area contributed by atoms with Gasteiger partial charge in [0.25, 0.3) is 11.8 Å². The first-order valence-corrected chi connectivity index (χ1v) is 10.7. The summed E-state index contributed by atoms with van der Waals surface area (Å²) in [5.41, 5.74) is 6.95. The summed E-state index contributed by atoms with van der Waals surface area (Å²) in [7, 11) is 0. The number of nitrogens with one attached hydrogen (secondary N) is 1. The summed E-state index contributed by atoms with van der Waals surface area (Å²) in [6.07, 6.45) is -1.38. The molecule has 0 radical (unpaired) electrons. The molecule has 1 aromatic heterocycles. The molecule has 2 amide bonds. The number of aromatic nitrogens is 1. The smallest absolute Gasteiger partial charge is 0.259 e. The number of pyridine rings is 1. The molecule has 2 heterocycles. The SMILES string of the molecule is CC(C)Oc1ccc(N2CCO[C@H](C(O)C(=O)Nc3ccc4c(N)nccc4c3)C2=O)cc1.Cl. The fourth-order valence-electron chi connectivity index (χ4n) is 3.70. The minimum absolute atomic E-state index is 0. The minimum Gasteiger partial charge on any atom is -0.491 e. The molecule has 4 rings (SSSR count). The Bertz CT molecular complexity index is 1170. The van der Waals surface area contributed by atoms with Gasteiger partial charge in [-0.1, -0.05) is 0 Å². The van der Waals surface area contributed by atoms with Crippen LogP contribution >= 0.6 is 12.4 Å². The largest absolute Gasteiger partial charge is 0.491 e. The monoisotopic (exact) mass is 486 g/mol. The number of hydrogen-bond donors (Lipinski definition) is 3. The first-order chi connectivity index (χ1) is 15.8. The number of nitrogens with zero attached hydrogens (tertiary/aromatic N) is 2. The number of amides is 2. The average Bonchev–Trinajstić information content (AvgIpc) is 2.79. The zero-order chi connectivity index (χ0) is 23.5. The molecular formula is C24H27ClN4O5. The molecule has 180 valence electrons. The molecule has 0 aliphatic carbocycles. The van der Waals surface area contributed by atoms with Crippen molar-refractivity contribution >= 4 is 52.2 Å². The Morgan fingerprint density at radius 3 is 2.68 bits per heavy atom. The predicted molar refractivity (Wildman–Crippen MR) is 132 cm³/mol. The van der Waals surface area contributed by atoms with Gasteiger partial charge in [0.1, 0.15) is 11.6 Å². The van der Waals surface area contributed by atoms with Gasteiger partial charge < -0.3 is 30.5 Å². The van der Waals surface area contributed by atoms with Gasteiger partial charge in [0.2, 0.25) is 0 Å². The summed E-state index contributed by atoms with van der Waals surface area (Å²) >= 11 is 0. The van der Waals surface area contributed by atoms with E-state index in [9.17, 15) is 14.7 Å². The fraction of sp³-hybridized carbons (Fsp3) is 0.292. The molecule has 2 atom stereocenters. The number of anilines is 3. The highest BCUT2D eigenvalue weighted by molar-refractivity contribution is 6.04. The number of nitrogen functional groups attached to an aromatic ring is 1. The van der Waals surface area contributed by atoms with E-state index in [0.717, 1.165) is 10.8 Å². The van der Waals surface area contributed by atoms with E-state index in [-0.39, 0.29) is 25.1 Å². The van der Waals surface area contributed by atoms with E-state index in [4.69, 9.17) is 15.2 Å². The molecule has 1 aliphatic rings. The molecule has 1 aliphatic heterocycles. The number of nitrogens with two attached hydrogens (primary N) is 1. The normalized spacial score (nSPS) is 16.8. The van der Waals surface area contributed by atoms with Crippen LogP contribution in [0.5, 0.6) is 5.75 Å². The summed E-state index contributed by atoms with van der Waals surface area (Å²) in [5, 5.41) is 14.8. The van der Waals surface area contributed by atoms with Crippen molar-refractivity contribution in [3.8, 4) is 5.75 Å². The maximum atomic E-state index is 13.0. The molecule has 0 bridgehead atoms. The number of ether oxygens (including phenoxy) is 2. The number of halogens is 1. The van der Waals surface area contributed by atoms with Gasteiger partial charge in [0.05, 0.1) is 12.7 Å². The van der Waals surface area contributed by atoms with E-state index in [1.807, 2.05) is 13.8 Å². The number of aliphatic hydroxyl groups excluding tert-OH is 1. The van der Waals surface area contributed by atoms with Crippen molar-refractivity contribution in [1.29, 1.82) is 0 Å². The highest BCUT2D eigenvalue weighted by atomic mass is 35.5. The van der Waals surface area contributed by atoms with Crippen LogP contribution in [-0.4, -0.2) is 53.4 Å². The third-order valence-corrected chi connectivity index (χ3v) is 5.26. The van der Waals surface area contributed by atoms with Crippen molar-refractivity contribution in [3.05, 3.63) is 54.7 Å². The predicted octanol–water partition coefficient (Wildman–Crippen LogP) is 2.76. The standard InChI is InChI=1S/C24H26N4O5.ClH/c1-14(2)33-18-6-4-17(5-7-18)28-11-12-32-21(24(28)31)20(29)23(30)27-16-3-8-19-15(13-16)9-10-26-22(19)25;/h3-10,13-14,20-21,29H,11-12H2,1-2H3,(H2,25,26)(H,27,30);1H/t20?,21-;/m1./s1. The number of fused-ring (bicyclic) bond motifs is 1. The first-order valence-electron chi connectivity index (χ1n) is 10.7. The van der Waals surface area contributed by atoms with Gasteiger partial charge in [-0.05, 0) is 67.8 Å². The van der Waals surface area contributed by atoms with Crippen molar-refractivity contribution in [2.75, 3.05) is 29.1 Å². The zero-order valence-corrected chi connectivity index (χ0v) is 19.6. The molecule has 4 N–H and O–H groups in total. The third-order valence-electron chi connectivity index (χ3n) is 5.26. The summed E-state index contributed by atoms with van der Waals surface area (Å²) in [6, 6.07) is 13.9. The minimum atomic E-state index is -1.68. The zero-order valence-electron chi connectivity index (χ0n) is 18.8. The number of aliphatic hydroxyl groups is 1. The molecule has 10 heteroatoms. The van der Waals surface area contributed by atoms with E-state index in [1.54, 1.807) is 54.7 Å². The van der Waals surface area contributed by atoms with Gasteiger partial charge in [-0.2, -0.15) is 0 Å². The first kappa shape index (κ1) is 25.2. The molecular weight excluding hydrogens is 460 g/mol. The molecule has 1 unspecified atom stereocenters. The number of rotatable bonds is 6. The highest BCUT2D eigenvalue weighted by Gasteiger charge is 2.39. The molecule has 2 aromatic carbocycles. The second-order valence-corrected chi connectivity index (χ2v) is 8.01. The van der Waals surface area contributed by atoms with E-state index >= 15 is 0 Å². The van der Waals surface area contributed by atoms with Crippen molar-refractivity contribution in [1.82, 2.24) is 4.98 Å². The van der Waals surface area contributed by atoms with Crippen molar-refractivity contribution in [3.63, 3.8) is 0 Å². The van der Waals surface area contributed by atoms with Crippen LogP contribution in [-0.2, 0) is 14.3 Å². The maximum Gasteiger partial charge on any atom is 0.259 e. The topological polar surface area (TPSA) is 127 Å². The lowest BCUT2D eigenvalue weighted by Gasteiger charge is -2.34. The summed E-state index contributed by atoms with van der Waals surface area (Å²) < 4.78 is 11.1. The van der Waals surface area contributed by atoms with Crippen LogP contribution in [0.4, 0.5) is 17.2 Å². The number of benzene rings is 2. The van der Waals surface area contributed by atoms with Gasteiger partial charge in [-0.3, -0.25) is 9.59 Å². The van der Waals surface area contributed by atoms with Crippen molar-refractivity contribution in [2.24, 2.45) is 0 Å². The fourth-order valence-corrected chi connectivity index (χ4v) is 3.70. The lowest BCUT2D eigenvalue weighted by molar-refractivity contribution is -0.150. The second-order valence-electron chi connectivity index (χ2n) is 8.01. The second kappa shape index (κ2) is 10.7. The average molecular weight is 487 g/mol. The van der Waals surface area contributed by atoms with E-state index < -0.39 is 24.0 Å². The van der Waals surface area contributed by atoms with Crippen LogP contribution in [0.1, 0.15) is 13.8 Å². The Kier molecular flexibility index (Phi) is 7.93. The molecule has 0 spiro atoms. The summed E-state index contributed by atoms with van der Waals surface area (Å²) in [5.74, 6) is -0.148. The summed E-state index contributed by atoms with van der Waals surface area (Å²) in [6.45, 7) is 4.36. The van der Waals surface area contributed by atoms with Crippen LogP contribution in [0.2, 0.25) is 0 Å². The van der Waals surface area contributed by atoms with Crippen LogP contribution in [0.15, 0.2) is 54.7 Å². The van der Waals surface area contributed by atoms with Crippen LogP contribution in [0.25, 0.3) is 10.8 Å². The lowest BCUT2D eigenvalue weighted by atomic mass is 10.1. The van der Waals surface area contributed by atoms with E-state index in [0.29, 0.717) is 29.5 Å². The molecule has 9 nitrogen and oxygen atoms in total. The molecule has 34 heavy (non-hydrogen) atoms. The van der Waals surface area contributed by atoms with Gasteiger partial charge in [-0.15, -0.1) is 12.4 Å². The Balaban J connectivity index is 0.00000324. The number of hydrogen-bond acceptors (Lipinski definition) is 7. The molecule has 1 saturated heterocycles. The van der Waals surface area contributed by atoms with Crippen molar-refractivity contribution in [2.45, 2.75) is 32.2 Å². The van der Waals surface area contributed by atoms with E-state index in [2.05, 4.69) is 10.3 Å². The quantitative estimate of drug-likeness (QED) is 0.489. The summed E-state index contributed by atoms with van der Waals surface area (Å²) in [4.78, 5) is 31.2. The third kappa shape index (κ3) is 5.39. The lowest BCUT2D eigenvalue weighted by Crippen LogP contribution is -2.55. The van der Waals surface area contributed by atoms with Crippen LogP contribution in [0.3, 0.4) is 0 Å². The van der Waals surface area contributed by atoms with Gasteiger partial charge >= 0.3 is 0 Å². The van der Waals surface area contributed by atoms with Gasteiger partial charge in [-0.25, -0.2) is 4.98 Å². The Hall–Kier alpha value is -3.40. The molecule has 3 aromatic rings. The highest BCUT2D eigenvalue weighted by Crippen LogP contribution is 2.25. The maximum absolute atomic E-state index is 13.0. The van der Waals surface area contributed by atoms with Gasteiger partial charge in [0.15, 0.2) is 12.2 Å². The van der Waals surface area contributed by atoms with Crippen LogP contribution in [0, 0.1) is 0 Å². The van der Waals surface area contributed by atoms with Crippen molar-refractivity contribution < 1.29 is 24.2 Å².